The van der Waals surface area contributed by atoms with Gasteiger partial charge in [0.15, 0.2) is 0 Å². The zero-order valence-corrected chi connectivity index (χ0v) is 20.9. The van der Waals surface area contributed by atoms with Crippen LogP contribution in [0, 0.1) is 11.3 Å². The van der Waals surface area contributed by atoms with E-state index in [9.17, 15) is 5.26 Å². The fourth-order valence-corrected chi connectivity index (χ4v) is 5.82. The second-order valence-electron chi connectivity index (χ2n) is 10.1. The Morgan fingerprint density at radius 3 is 2.83 bits per heavy atom. The molecular formula is C28H33N7O. The Morgan fingerprint density at radius 1 is 1.08 bits per heavy atom. The van der Waals surface area contributed by atoms with E-state index in [0.717, 1.165) is 87.7 Å². The van der Waals surface area contributed by atoms with Crippen LogP contribution in [0.5, 0.6) is 0 Å². The lowest BCUT2D eigenvalue weighted by Gasteiger charge is -2.42. The summed E-state index contributed by atoms with van der Waals surface area (Å²) >= 11 is 0. The molecule has 3 aliphatic rings. The largest absolute Gasteiger partial charge is 0.370 e. The van der Waals surface area contributed by atoms with Gasteiger partial charge in [-0.15, -0.1) is 0 Å². The summed E-state index contributed by atoms with van der Waals surface area (Å²) in [5.41, 5.74) is 5.12. The molecule has 0 bridgehead atoms. The molecule has 0 amide bonds. The van der Waals surface area contributed by atoms with Crippen LogP contribution in [0.3, 0.4) is 0 Å². The van der Waals surface area contributed by atoms with Crippen molar-refractivity contribution in [2.24, 2.45) is 0 Å². The van der Waals surface area contributed by atoms with Crippen molar-refractivity contribution in [1.29, 1.82) is 5.26 Å². The first-order valence-electron chi connectivity index (χ1n) is 13.0. The van der Waals surface area contributed by atoms with Crippen LogP contribution in [0.4, 0.5) is 11.5 Å². The van der Waals surface area contributed by atoms with Crippen molar-refractivity contribution in [2.45, 2.75) is 32.1 Å². The summed E-state index contributed by atoms with van der Waals surface area (Å²) in [5.74, 6) is 1.12. The van der Waals surface area contributed by atoms with Gasteiger partial charge in [0.1, 0.15) is 11.9 Å². The first kappa shape index (κ1) is 23.2. The predicted octanol–water partition coefficient (Wildman–Crippen LogP) is 2.56. The molecular weight excluding hydrogens is 450 g/mol. The average molecular weight is 484 g/mol. The van der Waals surface area contributed by atoms with E-state index in [1.807, 2.05) is 12.1 Å². The van der Waals surface area contributed by atoms with Gasteiger partial charge in [0.05, 0.1) is 23.3 Å². The zero-order chi connectivity index (χ0) is 24.5. The minimum Gasteiger partial charge on any atom is -0.370 e. The van der Waals surface area contributed by atoms with Gasteiger partial charge in [-0.3, -0.25) is 9.88 Å². The lowest BCUT2D eigenvalue weighted by molar-refractivity contribution is -0.0327. The maximum absolute atomic E-state index is 9.51. The molecule has 3 aliphatic heterocycles. The molecule has 0 radical (unpaired) electrons. The standard InChI is InChI=1S/C28H33N7O/c1-20-17-35(26-6-4-21(15-29)28-24(26)3-2-9-31-28)19-23(36-20)18-33-11-13-34(14-12-33)27-7-5-22-16-30-10-8-25(22)32-27/h2-7,9,20,23,30H,8,10-14,16-19H2,1H3. The molecule has 2 fully saturated rings. The van der Waals surface area contributed by atoms with E-state index in [2.05, 4.69) is 62.3 Å². The van der Waals surface area contributed by atoms with Crippen LogP contribution >= 0.6 is 0 Å². The number of nitriles is 1. The van der Waals surface area contributed by atoms with Crippen molar-refractivity contribution in [1.82, 2.24) is 20.2 Å². The molecule has 2 atom stereocenters. The number of piperazine rings is 1. The van der Waals surface area contributed by atoms with Gasteiger partial charge in [-0.25, -0.2) is 4.98 Å². The van der Waals surface area contributed by atoms with Gasteiger partial charge in [-0.05, 0) is 42.8 Å². The second-order valence-corrected chi connectivity index (χ2v) is 10.1. The number of morpholine rings is 1. The number of nitrogens with zero attached hydrogens (tertiary/aromatic N) is 6. The van der Waals surface area contributed by atoms with Gasteiger partial charge in [-0.2, -0.15) is 5.26 Å². The van der Waals surface area contributed by atoms with Crippen molar-refractivity contribution in [2.75, 3.05) is 62.2 Å². The van der Waals surface area contributed by atoms with E-state index in [0.29, 0.717) is 5.56 Å². The molecule has 6 rings (SSSR count). The lowest BCUT2D eigenvalue weighted by Crippen LogP contribution is -2.54. The summed E-state index contributed by atoms with van der Waals surface area (Å²) in [7, 11) is 0. The summed E-state index contributed by atoms with van der Waals surface area (Å²) in [6.45, 7) is 10.7. The predicted molar refractivity (Wildman–Crippen MR) is 141 cm³/mol. The summed E-state index contributed by atoms with van der Waals surface area (Å²) in [4.78, 5) is 16.8. The van der Waals surface area contributed by atoms with Crippen LogP contribution in [-0.4, -0.2) is 79.4 Å². The molecule has 2 unspecified atom stereocenters. The van der Waals surface area contributed by atoms with Crippen molar-refractivity contribution in [3.63, 3.8) is 0 Å². The van der Waals surface area contributed by atoms with Gasteiger partial charge in [0.25, 0.3) is 0 Å². The third kappa shape index (κ3) is 4.62. The third-order valence-corrected chi connectivity index (χ3v) is 7.60. The molecule has 1 N–H and O–H groups in total. The first-order valence-corrected chi connectivity index (χ1v) is 13.0. The molecule has 2 saturated heterocycles. The number of benzene rings is 1. The maximum Gasteiger partial charge on any atom is 0.128 e. The molecule has 0 aliphatic carbocycles. The number of anilines is 2. The topological polar surface area (TPSA) is 80.6 Å². The van der Waals surface area contributed by atoms with Gasteiger partial charge in [0.2, 0.25) is 0 Å². The molecule has 3 aromatic rings. The zero-order valence-electron chi connectivity index (χ0n) is 20.9. The van der Waals surface area contributed by atoms with Crippen LogP contribution in [0.15, 0.2) is 42.6 Å². The summed E-state index contributed by atoms with van der Waals surface area (Å²) in [6.07, 6.45) is 3.05. The van der Waals surface area contributed by atoms with Crippen molar-refractivity contribution in [3.05, 3.63) is 59.4 Å². The van der Waals surface area contributed by atoms with Gasteiger partial charge in [0, 0.05) is 88.3 Å². The number of hydrogen-bond donors (Lipinski definition) is 1. The molecule has 0 saturated carbocycles. The number of rotatable bonds is 4. The van der Waals surface area contributed by atoms with E-state index in [1.54, 1.807) is 6.20 Å². The van der Waals surface area contributed by atoms with Gasteiger partial charge < -0.3 is 19.9 Å². The van der Waals surface area contributed by atoms with Crippen LogP contribution in [0.1, 0.15) is 23.7 Å². The van der Waals surface area contributed by atoms with Crippen molar-refractivity contribution >= 4 is 22.4 Å². The number of pyridine rings is 2. The van der Waals surface area contributed by atoms with E-state index in [-0.39, 0.29) is 12.2 Å². The number of ether oxygens (including phenoxy) is 1. The molecule has 8 nitrogen and oxygen atoms in total. The SMILES string of the molecule is CC1CN(c2ccc(C#N)c3ncccc23)CC(CN2CCN(c3ccc4c(n3)CCNC4)CC2)O1. The van der Waals surface area contributed by atoms with Crippen molar-refractivity contribution < 1.29 is 4.74 Å². The molecule has 186 valence electrons. The normalized spacial score (nSPS) is 22.9. The van der Waals surface area contributed by atoms with Crippen LogP contribution in [0.2, 0.25) is 0 Å². The quantitative estimate of drug-likeness (QED) is 0.607. The molecule has 36 heavy (non-hydrogen) atoms. The van der Waals surface area contributed by atoms with E-state index < -0.39 is 0 Å². The highest BCUT2D eigenvalue weighted by Gasteiger charge is 2.29. The Bertz CT molecular complexity index is 1280. The van der Waals surface area contributed by atoms with Gasteiger partial charge in [-0.1, -0.05) is 6.07 Å². The minimum absolute atomic E-state index is 0.136. The Kier molecular flexibility index (Phi) is 6.45. The fourth-order valence-electron chi connectivity index (χ4n) is 5.82. The van der Waals surface area contributed by atoms with E-state index in [1.165, 1.54) is 11.3 Å². The third-order valence-electron chi connectivity index (χ3n) is 7.60. The minimum atomic E-state index is 0.136. The molecule has 2 aromatic heterocycles. The Labute approximate surface area is 212 Å². The van der Waals surface area contributed by atoms with E-state index in [4.69, 9.17) is 9.72 Å². The van der Waals surface area contributed by atoms with Crippen molar-refractivity contribution in [3.8, 4) is 6.07 Å². The number of fused-ring (bicyclic) bond motifs is 2. The monoisotopic (exact) mass is 483 g/mol. The number of nitrogens with one attached hydrogen (secondary N) is 1. The lowest BCUT2D eigenvalue weighted by atomic mass is 10.1. The highest BCUT2D eigenvalue weighted by atomic mass is 16.5. The van der Waals surface area contributed by atoms with Gasteiger partial charge >= 0.3 is 0 Å². The smallest absolute Gasteiger partial charge is 0.128 e. The second kappa shape index (κ2) is 10.0. The summed E-state index contributed by atoms with van der Waals surface area (Å²) < 4.78 is 6.39. The Hall–Kier alpha value is -3.25. The molecule has 5 heterocycles. The Morgan fingerprint density at radius 2 is 1.97 bits per heavy atom. The van der Waals surface area contributed by atoms with Crippen LogP contribution < -0.4 is 15.1 Å². The molecule has 1 aromatic carbocycles. The fraction of sp³-hybridized carbons (Fsp3) is 0.464. The number of aromatic nitrogens is 2. The maximum atomic E-state index is 9.51. The highest BCUT2D eigenvalue weighted by molar-refractivity contribution is 5.95. The first-order chi connectivity index (χ1) is 17.7. The average Bonchev–Trinajstić information content (AvgIpc) is 2.92. The van der Waals surface area contributed by atoms with Crippen LogP contribution in [0.25, 0.3) is 10.9 Å². The highest BCUT2D eigenvalue weighted by Crippen LogP contribution is 2.30. The molecule has 8 heteroatoms. The molecule has 0 spiro atoms. The van der Waals surface area contributed by atoms with E-state index >= 15 is 0 Å². The summed E-state index contributed by atoms with van der Waals surface area (Å²) in [5, 5.41) is 14.0. The number of hydrogen-bond acceptors (Lipinski definition) is 8. The Balaban J connectivity index is 1.11. The summed E-state index contributed by atoms with van der Waals surface area (Å²) in [6, 6.07) is 14.7. The van der Waals surface area contributed by atoms with Crippen LogP contribution in [-0.2, 0) is 17.7 Å².